The Morgan fingerprint density at radius 1 is 1.44 bits per heavy atom. The van der Waals surface area contributed by atoms with E-state index in [9.17, 15) is 19.1 Å². The number of aromatic nitrogens is 1. The van der Waals surface area contributed by atoms with Crippen LogP contribution in [0.3, 0.4) is 0 Å². The molecule has 6 nitrogen and oxygen atoms in total. The number of amides is 1. The number of carbonyl (C=O) groups excluding carboxylic acids is 1. The summed E-state index contributed by atoms with van der Waals surface area (Å²) in [6.07, 6.45) is 2.53. The van der Waals surface area contributed by atoms with E-state index >= 15 is 0 Å². The second kappa shape index (κ2) is 6.57. The number of β-amino-alcohol motifs (C(OH)–C–C–N with tert-alkyl or cyclic N) is 1. The minimum atomic E-state index is -0.993. The average molecular weight is 347 g/mol. The van der Waals surface area contributed by atoms with Gasteiger partial charge in [0.25, 0.3) is 5.91 Å². The first-order chi connectivity index (χ1) is 11.8. The van der Waals surface area contributed by atoms with Crippen molar-refractivity contribution in [1.29, 1.82) is 0 Å². The van der Waals surface area contributed by atoms with Crippen LogP contribution in [-0.2, 0) is 0 Å². The van der Waals surface area contributed by atoms with Crippen molar-refractivity contribution in [2.45, 2.75) is 18.4 Å². The van der Waals surface area contributed by atoms with Gasteiger partial charge in [0.2, 0.25) is 5.43 Å². The number of benzene rings is 1. The molecule has 0 unspecified atom stereocenters. The molecule has 2 N–H and O–H groups in total. The third-order valence-corrected chi connectivity index (χ3v) is 4.55. The van der Waals surface area contributed by atoms with E-state index in [0.717, 1.165) is 0 Å². The maximum absolute atomic E-state index is 13.8. The number of carbonyl (C=O) groups is 1. The van der Waals surface area contributed by atoms with E-state index in [1.54, 1.807) is 0 Å². The van der Waals surface area contributed by atoms with Crippen LogP contribution < -0.4 is 5.43 Å². The largest absolute Gasteiger partial charge is 0.387 e. The van der Waals surface area contributed by atoms with Crippen molar-refractivity contribution >= 4 is 16.8 Å². The van der Waals surface area contributed by atoms with Crippen LogP contribution in [0.2, 0.25) is 0 Å². The topological polar surface area (TPSA) is 76.6 Å². The van der Waals surface area contributed by atoms with Crippen LogP contribution in [0.25, 0.3) is 10.9 Å². The van der Waals surface area contributed by atoms with Crippen molar-refractivity contribution in [1.82, 2.24) is 14.8 Å². The molecule has 1 atom stereocenters. The second-order valence-electron chi connectivity index (χ2n) is 6.99. The van der Waals surface area contributed by atoms with E-state index < -0.39 is 22.8 Å². The van der Waals surface area contributed by atoms with Crippen molar-refractivity contribution in [2.75, 3.05) is 33.7 Å². The number of nitrogens with one attached hydrogen (secondary N) is 1. The molecular weight excluding hydrogens is 325 g/mol. The normalized spacial score (nSPS) is 21.1. The molecule has 0 saturated carbocycles. The van der Waals surface area contributed by atoms with Crippen LogP contribution in [0.15, 0.2) is 29.2 Å². The minimum Gasteiger partial charge on any atom is -0.387 e. The summed E-state index contributed by atoms with van der Waals surface area (Å²) in [6.45, 7) is 1.09. The zero-order valence-corrected chi connectivity index (χ0v) is 14.4. The summed E-state index contributed by atoms with van der Waals surface area (Å²) >= 11 is 0. The third kappa shape index (κ3) is 3.43. The van der Waals surface area contributed by atoms with Crippen molar-refractivity contribution in [3.8, 4) is 0 Å². The maximum atomic E-state index is 13.8. The zero-order valence-electron chi connectivity index (χ0n) is 14.4. The predicted octanol–water partition coefficient (Wildman–Crippen LogP) is 1.20. The van der Waals surface area contributed by atoms with E-state index in [2.05, 4.69) is 4.98 Å². The first-order valence-corrected chi connectivity index (χ1v) is 8.27. The molecule has 0 aliphatic carbocycles. The number of H-pyrrole nitrogens is 1. The van der Waals surface area contributed by atoms with Crippen molar-refractivity contribution < 1.29 is 14.3 Å². The molecule has 0 bridgehead atoms. The number of aromatic amines is 1. The molecule has 3 rings (SSSR count). The molecule has 0 radical (unpaired) electrons. The molecular formula is C18H22FN3O3. The number of nitrogens with zero attached hydrogens (tertiary/aromatic N) is 2. The summed E-state index contributed by atoms with van der Waals surface area (Å²) in [5.74, 6) is -0.976. The first kappa shape index (κ1) is 17.6. The van der Waals surface area contributed by atoms with Gasteiger partial charge in [0.05, 0.1) is 17.7 Å². The molecule has 1 saturated heterocycles. The summed E-state index contributed by atoms with van der Waals surface area (Å²) < 4.78 is 13.8. The standard InChI is InChI=1S/C18H22FN3O3/c1-21(2)10-18(25)7-4-8-22(11-18)17(24)13-9-20-15-12(16(13)23)5-3-6-14(15)19/h3,5-6,9,25H,4,7-8,10-11H2,1-2H3,(H,20,23)/t18-/m0/s1. The Morgan fingerprint density at radius 3 is 2.92 bits per heavy atom. The van der Waals surface area contributed by atoms with Gasteiger partial charge < -0.3 is 19.9 Å². The molecule has 2 aromatic rings. The van der Waals surface area contributed by atoms with Crippen LogP contribution in [0.1, 0.15) is 23.2 Å². The van der Waals surface area contributed by atoms with E-state index in [-0.39, 0.29) is 23.0 Å². The van der Waals surface area contributed by atoms with Crippen LogP contribution in [-0.4, -0.2) is 65.1 Å². The number of pyridine rings is 1. The second-order valence-corrected chi connectivity index (χ2v) is 6.99. The Kier molecular flexibility index (Phi) is 4.62. The van der Waals surface area contributed by atoms with Gasteiger partial charge in [0.1, 0.15) is 11.4 Å². The predicted molar refractivity (Wildman–Crippen MR) is 93.2 cm³/mol. The molecule has 0 spiro atoms. The van der Waals surface area contributed by atoms with Crippen LogP contribution in [0.4, 0.5) is 4.39 Å². The molecule has 7 heteroatoms. The highest BCUT2D eigenvalue weighted by Gasteiger charge is 2.36. The lowest BCUT2D eigenvalue weighted by atomic mass is 9.92. The van der Waals surface area contributed by atoms with Gasteiger partial charge in [0.15, 0.2) is 0 Å². The molecule has 25 heavy (non-hydrogen) atoms. The third-order valence-electron chi connectivity index (χ3n) is 4.55. The summed E-state index contributed by atoms with van der Waals surface area (Å²) in [5.41, 5.74) is -1.44. The van der Waals surface area contributed by atoms with E-state index in [0.29, 0.717) is 25.9 Å². The van der Waals surface area contributed by atoms with Gasteiger partial charge in [-0.1, -0.05) is 6.07 Å². The highest BCUT2D eigenvalue weighted by atomic mass is 19.1. The fraction of sp³-hybridized carbons (Fsp3) is 0.444. The van der Waals surface area contributed by atoms with Crippen molar-refractivity contribution in [3.63, 3.8) is 0 Å². The lowest BCUT2D eigenvalue weighted by molar-refractivity contribution is -0.0391. The van der Waals surface area contributed by atoms with Gasteiger partial charge in [-0.3, -0.25) is 9.59 Å². The molecule has 1 amide bonds. The lowest BCUT2D eigenvalue weighted by Crippen LogP contribution is -2.55. The fourth-order valence-electron chi connectivity index (χ4n) is 3.55. The van der Waals surface area contributed by atoms with Crippen molar-refractivity contribution in [3.05, 3.63) is 46.0 Å². The van der Waals surface area contributed by atoms with E-state index in [1.807, 2.05) is 19.0 Å². The minimum absolute atomic E-state index is 0.0350. The van der Waals surface area contributed by atoms with Crippen molar-refractivity contribution in [2.24, 2.45) is 0 Å². The number of likely N-dealkylation sites (N-methyl/N-ethyl adjacent to an activating group) is 1. The Labute approximate surface area is 144 Å². The number of halogens is 1. The number of rotatable bonds is 3. The van der Waals surface area contributed by atoms with Gasteiger partial charge in [-0.2, -0.15) is 0 Å². The van der Waals surface area contributed by atoms with Gasteiger partial charge in [0, 0.05) is 24.7 Å². The van der Waals surface area contributed by atoms with Gasteiger partial charge in [-0.25, -0.2) is 4.39 Å². The molecule has 2 heterocycles. The smallest absolute Gasteiger partial charge is 0.259 e. The molecule has 134 valence electrons. The highest BCUT2D eigenvalue weighted by molar-refractivity contribution is 5.97. The molecule has 1 aliphatic heterocycles. The van der Waals surface area contributed by atoms with Crippen LogP contribution in [0.5, 0.6) is 0 Å². The Balaban J connectivity index is 1.92. The number of para-hydroxylation sites is 1. The lowest BCUT2D eigenvalue weighted by Gasteiger charge is -2.40. The summed E-state index contributed by atoms with van der Waals surface area (Å²) in [7, 11) is 3.72. The van der Waals surface area contributed by atoms with E-state index in [4.69, 9.17) is 0 Å². The maximum Gasteiger partial charge on any atom is 0.259 e. The van der Waals surface area contributed by atoms with E-state index in [1.165, 1.54) is 29.3 Å². The fourth-order valence-corrected chi connectivity index (χ4v) is 3.55. The summed E-state index contributed by atoms with van der Waals surface area (Å²) in [4.78, 5) is 31.5. The Bertz CT molecular complexity index is 864. The average Bonchev–Trinajstić information content (AvgIpc) is 2.54. The number of piperidine rings is 1. The molecule has 1 fully saturated rings. The quantitative estimate of drug-likeness (QED) is 0.875. The van der Waals surface area contributed by atoms with Gasteiger partial charge in [-0.15, -0.1) is 0 Å². The monoisotopic (exact) mass is 347 g/mol. The van der Waals surface area contributed by atoms with Gasteiger partial charge >= 0.3 is 0 Å². The SMILES string of the molecule is CN(C)C[C@@]1(O)CCCN(C(=O)c2c[nH]c3c(F)cccc3c2=O)C1. The number of hydrogen-bond donors (Lipinski definition) is 2. The summed E-state index contributed by atoms with van der Waals surface area (Å²) in [6, 6.07) is 4.19. The number of aliphatic hydroxyl groups is 1. The Hall–Kier alpha value is -2.25. The van der Waals surface area contributed by atoms with Crippen LogP contribution >= 0.6 is 0 Å². The molecule has 1 aromatic heterocycles. The first-order valence-electron chi connectivity index (χ1n) is 8.27. The molecule has 1 aliphatic rings. The summed E-state index contributed by atoms with van der Waals surface area (Å²) in [5, 5.41) is 10.9. The number of likely N-dealkylation sites (tertiary alicyclic amines) is 1. The molecule has 1 aromatic carbocycles. The van der Waals surface area contributed by atoms with Gasteiger partial charge in [-0.05, 0) is 39.1 Å². The number of hydrogen-bond acceptors (Lipinski definition) is 4. The zero-order chi connectivity index (χ0) is 18.2. The highest BCUT2D eigenvalue weighted by Crippen LogP contribution is 2.23. The van der Waals surface area contributed by atoms with Crippen LogP contribution in [0, 0.1) is 5.82 Å². The Morgan fingerprint density at radius 2 is 2.20 bits per heavy atom. The number of fused-ring (bicyclic) bond motifs is 1.